The monoisotopic (exact) mass is 228 g/mol. The molecule has 1 aliphatic rings. The summed E-state index contributed by atoms with van der Waals surface area (Å²) in [6.45, 7) is 2.28. The number of amides is 1. The fourth-order valence-corrected chi connectivity index (χ4v) is 1.86. The van der Waals surface area contributed by atoms with Crippen molar-refractivity contribution in [3.63, 3.8) is 0 Å². The summed E-state index contributed by atoms with van der Waals surface area (Å²) in [4.78, 5) is 21.8. The van der Waals surface area contributed by atoms with E-state index in [4.69, 9.17) is 10.5 Å². The maximum absolute atomic E-state index is 11.3. The topological polar surface area (TPSA) is 81.4 Å². The second kappa shape index (κ2) is 6.48. The van der Waals surface area contributed by atoms with Gasteiger partial charge in [0.25, 0.3) is 0 Å². The SMILES string of the molecule is CC1CCC(OC(=O)CNCC(N)=O)CC1. The van der Waals surface area contributed by atoms with Crippen molar-refractivity contribution in [2.75, 3.05) is 13.1 Å². The van der Waals surface area contributed by atoms with Crippen LogP contribution in [0.15, 0.2) is 0 Å². The summed E-state index contributed by atoms with van der Waals surface area (Å²) in [6.07, 6.45) is 4.18. The first kappa shape index (κ1) is 13.0. The molecule has 0 bridgehead atoms. The number of ether oxygens (including phenoxy) is 1. The highest BCUT2D eigenvalue weighted by molar-refractivity contribution is 5.77. The molecule has 16 heavy (non-hydrogen) atoms. The van der Waals surface area contributed by atoms with Crippen molar-refractivity contribution in [3.8, 4) is 0 Å². The average molecular weight is 228 g/mol. The van der Waals surface area contributed by atoms with Crippen molar-refractivity contribution in [2.24, 2.45) is 11.7 Å². The van der Waals surface area contributed by atoms with Gasteiger partial charge in [-0.1, -0.05) is 6.92 Å². The van der Waals surface area contributed by atoms with Crippen LogP contribution in [0.5, 0.6) is 0 Å². The lowest BCUT2D eigenvalue weighted by Gasteiger charge is -2.25. The summed E-state index contributed by atoms with van der Waals surface area (Å²) in [5.41, 5.74) is 4.92. The van der Waals surface area contributed by atoms with Crippen LogP contribution < -0.4 is 11.1 Å². The first-order valence-electron chi connectivity index (χ1n) is 5.76. The summed E-state index contributed by atoms with van der Waals surface area (Å²) in [5, 5.41) is 2.63. The summed E-state index contributed by atoms with van der Waals surface area (Å²) in [7, 11) is 0. The van der Waals surface area contributed by atoms with Crippen LogP contribution in [0.4, 0.5) is 0 Å². The standard InChI is InChI=1S/C11H20N2O3/c1-8-2-4-9(5-3-8)16-11(15)7-13-6-10(12)14/h8-9,13H,2-7H2,1H3,(H2,12,14). The van der Waals surface area contributed by atoms with Gasteiger partial charge in [0.2, 0.25) is 5.91 Å². The molecule has 0 spiro atoms. The van der Waals surface area contributed by atoms with Crippen LogP contribution in [-0.4, -0.2) is 31.1 Å². The molecule has 0 atom stereocenters. The Hall–Kier alpha value is -1.10. The van der Waals surface area contributed by atoms with Gasteiger partial charge in [-0.25, -0.2) is 0 Å². The summed E-state index contributed by atoms with van der Waals surface area (Å²) >= 11 is 0. The molecule has 1 fully saturated rings. The lowest BCUT2D eigenvalue weighted by Crippen LogP contribution is -2.35. The molecule has 1 rings (SSSR count). The fraction of sp³-hybridized carbons (Fsp3) is 0.818. The van der Waals surface area contributed by atoms with Gasteiger partial charge in [0.15, 0.2) is 0 Å². The first-order chi connectivity index (χ1) is 7.58. The molecule has 0 aromatic rings. The van der Waals surface area contributed by atoms with Gasteiger partial charge in [-0.15, -0.1) is 0 Å². The predicted molar refractivity (Wildman–Crippen MR) is 59.6 cm³/mol. The Morgan fingerprint density at radius 3 is 2.44 bits per heavy atom. The van der Waals surface area contributed by atoms with Crippen LogP contribution in [0, 0.1) is 5.92 Å². The second-order valence-electron chi connectivity index (χ2n) is 4.44. The van der Waals surface area contributed by atoms with Gasteiger partial charge in [0.1, 0.15) is 6.10 Å². The van der Waals surface area contributed by atoms with E-state index in [0.717, 1.165) is 31.6 Å². The van der Waals surface area contributed by atoms with E-state index in [1.165, 1.54) is 0 Å². The van der Waals surface area contributed by atoms with E-state index in [1.54, 1.807) is 0 Å². The largest absolute Gasteiger partial charge is 0.461 e. The highest BCUT2D eigenvalue weighted by atomic mass is 16.5. The Balaban J connectivity index is 2.11. The number of carbonyl (C=O) groups excluding carboxylic acids is 2. The molecule has 1 amide bonds. The summed E-state index contributed by atoms with van der Waals surface area (Å²) < 4.78 is 5.27. The molecule has 0 aromatic heterocycles. The minimum absolute atomic E-state index is 0.0107. The van der Waals surface area contributed by atoms with Crippen molar-refractivity contribution < 1.29 is 14.3 Å². The van der Waals surface area contributed by atoms with Gasteiger partial charge in [-0.3, -0.25) is 14.9 Å². The average Bonchev–Trinajstić information content (AvgIpc) is 2.21. The Bertz CT molecular complexity index is 248. The number of nitrogens with one attached hydrogen (secondary N) is 1. The van der Waals surface area contributed by atoms with Crippen LogP contribution in [0.25, 0.3) is 0 Å². The van der Waals surface area contributed by atoms with Gasteiger partial charge in [0, 0.05) is 0 Å². The van der Waals surface area contributed by atoms with Crippen LogP contribution in [-0.2, 0) is 14.3 Å². The highest BCUT2D eigenvalue weighted by Gasteiger charge is 2.21. The lowest BCUT2D eigenvalue weighted by molar-refractivity contribution is -0.149. The van der Waals surface area contributed by atoms with Gasteiger partial charge < -0.3 is 10.5 Å². The molecule has 0 saturated heterocycles. The zero-order valence-corrected chi connectivity index (χ0v) is 9.70. The molecule has 92 valence electrons. The smallest absolute Gasteiger partial charge is 0.320 e. The number of primary amides is 1. The minimum atomic E-state index is -0.473. The van der Waals surface area contributed by atoms with Crippen LogP contribution in [0.1, 0.15) is 32.6 Å². The van der Waals surface area contributed by atoms with E-state index in [9.17, 15) is 9.59 Å². The van der Waals surface area contributed by atoms with Crippen LogP contribution in [0.3, 0.4) is 0 Å². The van der Waals surface area contributed by atoms with E-state index in [0.29, 0.717) is 0 Å². The first-order valence-corrected chi connectivity index (χ1v) is 5.76. The van der Waals surface area contributed by atoms with Gasteiger partial charge in [0.05, 0.1) is 13.1 Å². The normalized spacial score (nSPS) is 25.1. The third-order valence-electron chi connectivity index (χ3n) is 2.83. The van der Waals surface area contributed by atoms with Gasteiger partial charge >= 0.3 is 5.97 Å². The van der Waals surface area contributed by atoms with Crippen molar-refractivity contribution >= 4 is 11.9 Å². The van der Waals surface area contributed by atoms with Crippen molar-refractivity contribution in [1.82, 2.24) is 5.32 Å². The minimum Gasteiger partial charge on any atom is -0.461 e. The zero-order valence-electron chi connectivity index (χ0n) is 9.70. The zero-order chi connectivity index (χ0) is 12.0. The number of hydrogen-bond donors (Lipinski definition) is 2. The number of carbonyl (C=O) groups is 2. The molecule has 0 unspecified atom stereocenters. The Kier molecular flexibility index (Phi) is 5.25. The van der Waals surface area contributed by atoms with Gasteiger partial charge in [-0.2, -0.15) is 0 Å². The fourth-order valence-electron chi connectivity index (χ4n) is 1.86. The van der Waals surface area contributed by atoms with E-state index >= 15 is 0 Å². The molecule has 0 aliphatic heterocycles. The third kappa shape index (κ3) is 5.11. The van der Waals surface area contributed by atoms with Gasteiger partial charge in [-0.05, 0) is 31.6 Å². The lowest BCUT2D eigenvalue weighted by atomic mass is 9.89. The van der Waals surface area contributed by atoms with E-state index < -0.39 is 5.91 Å². The molecule has 1 saturated carbocycles. The predicted octanol–water partition coefficient (Wildman–Crippen LogP) is 0.183. The number of hydrogen-bond acceptors (Lipinski definition) is 4. The molecule has 3 N–H and O–H groups in total. The van der Waals surface area contributed by atoms with Crippen molar-refractivity contribution in [1.29, 1.82) is 0 Å². The molecular weight excluding hydrogens is 208 g/mol. The Labute approximate surface area is 95.7 Å². The van der Waals surface area contributed by atoms with Crippen molar-refractivity contribution in [3.05, 3.63) is 0 Å². The maximum Gasteiger partial charge on any atom is 0.320 e. The van der Waals surface area contributed by atoms with E-state index in [-0.39, 0.29) is 25.2 Å². The Morgan fingerprint density at radius 1 is 1.25 bits per heavy atom. The molecule has 0 heterocycles. The third-order valence-corrected chi connectivity index (χ3v) is 2.83. The molecular formula is C11H20N2O3. The Morgan fingerprint density at radius 2 is 1.88 bits per heavy atom. The molecule has 0 aromatic carbocycles. The van der Waals surface area contributed by atoms with E-state index in [2.05, 4.69) is 12.2 Å². The number of esters is 1. The number of rotatable bonds is 5. The van der Waals surface area contributed by atoms with Crippen LogP contribution in [0.2, 0.25) is 0 Å². The summed E-state index contributed by atoms with van der Waals surface area (Å²) in [6, 6.07) is 0. The van der Waals surface area contributed by atoms with Crippen molar-refractivity contribution in [2.45, 2.75) is 38.7 Å². The molecule has 0 radical (unpaired) electrons. The maximum atomic E-state index is 11.3. The number of nitrogens with two attached hydrogens (primary N) is 1. The second-order valence-corrected chi connectivity index (χ2v) is 4.44. The van der Waals surface area contributed by atoms with E-state index in [1.807, 2.05) is 0 Å². The van der Waals surface area contributed by atoms with Crippen LogP contribution >= 0.6 is 0 Å². The highest BCUT2D eigenvalue weighted by Crippen LogP contribution is 2.25. The summed E-state index contributed by atoms with van der Waals surface area (Å²) in [5.74, 6) is -0.0389. The quantitative estimate of drug-likeness (QED) is 0.658. The molecule has 5 nitrogen and oxygen atoms in total. The molecule has 1 aliphatic carbocycles. The molecule has 5 heteroatoms.